The van der Waals surface area contributed by atoms with Gasteiger partial charge in [-0.15, -0.1) is 0 Å². The second-order valence-corrected chi connectivity index (χ2v) is 7.46. The molecule has 1 N–H and O–H groups in total. The fraction of sp³-hybridized carbons (Fsp3) is 0.600. The lowest BCUT2D eigenvalue weighted by atomic mass is 10.2. The molecule has 0 saturated heterocycles. The molecule has 0 aromatic heterocycles. The molecule has 1 rings (SSSR count). The summed E-state index contributed by atoms with van der Waals surface area (Å²) < 4.78 is 32.0. The van der Waals surface area contributed by atoms with Crippen molar-refractivity contribution in [3.05, 3.63) is 23.8 Å². The molecule has 0 bridgehead atoms. The van der Waals surface area contributed by atoms with Crippen molar-refractivity contribution in [3.63, 3.8) is 0 Å². The fourth-order valence-electron chi connectivity index (χ4n) is 2.08. The third-order valence-electron chi connectivity index (χ3n) is 3.12. The summed E-state index contributed by atoms with van der Waals surface area (Å²) in [4.78, 5) is 0.226. The van der Waals surface area contributed by atoms with Crippen LogP contribution in [0.5, 0.6) is 5.75 Å². The molecule has 5 nitrogen and oxygen atoms in total. The van der Waals surface area contributed by atoms with Crippen LogP contribution >= 0.6 is 0 Å². The van der Waals surface area contributed by atoms with Crippen LogP contribution in [0.15, 0.2) is 23.1 Å². The molecule has 0 aliphatic heterocycles. The smallest absolute Gasteiger partial charge is 0.246 e. The van der Waals surface area contributed by atoms with Crippen molar-refractivity contribution in [2.24, 2.45) is 5.92 Å². The number of sulfonamides is 1. The van der Waals surface area contributed by atoms with Gasteiger partial charge >= 0.3 is 0 Å². The van der Waals surface area contributed by atoms with Gasteiger partial charge in [-0.25, -0.2) is 12.7 Å². The minimum absolute atomic E-state index is 0.226. The van der Waals surface area contributed by atoms with Crippen LogP contribution in [0.25, 0.3) is 0 Å². The number of hydrogen-bond acceptors (Lipinski definition) is 4. The topological polar surface area (TPSA) is 58.6 Å². The first-order valence-electron chi connectivity index (χ1n) is 7.16. The first-order valence-corrected chi connectivity index (χ1v) is 8.60. The molecule has 0 aliphatic rings. The lowest BCUT2D eigenvalue weighted by molar-refractivity contribution is 0.390. The highest BCUT2D eigenvalue weighted by Gasteiger charge is 2.25. The van der Waals surface area contributed by atoms with Gasteiger partial charge in [0, 0.05) is 20.1 Å². The summed E-state index contributed by atoms with van der Waals surface area (Å²) in [6.45, 7) is 7.94. The van der Waals surface area contributed by atoms with Gasteiger partial charge in [0.25, 0.3) is 0 Å². The van der Waals surface area contributed by atoms with E-state index in [0.717, 1.165) is 12.1 Å². The second-order valence-electron chi connectivity index (χ2n) is 5.44. The standard InChI is InChI=1S/C15H26N2O3S/c1-6-16-10-13-7-8-14(20-5)15(9-13)21(18,19)17(4)11-12(2)3/h7-9,12,16H,6,10-11H2,1-5H3. The van der Waals surface area contributed by atoms with E-state index in [1.54, 1.807) is 19.2 Å². The fourth-order valence-corrected chi connectivity index (χ4v) is 3.62. The molecule has 21 heavy (non-hydrogen) atoms. The average molecular weight is 314 g/mol. The van der Waals surface area contributed by atoms with E-state index in [4.69, 9.17) is 4.74 Å². The van der Waals surface area contributed by atoms with Crippen molar-refractivity contribution >= 4 is 10.0 Å². The molecule has 0 amide bonds. The molecule has 0 radical (unpaired) electrons. The molecular formula is C15H26N2O3S. The van der Waals surface area contributed by atoms with Crippen molar-refractivity contribution in [3.8, 4) is 5.75 Å². The van der Waals surface area contributed by atoms with Crippen LogP contribution in [0.2, 0.25) is 0 Å². The first-order chi connectivity index (χ1) is 9.82. The summed E-state index contributed by atoms with van der Waals surface area (Å²) in [5.41, 5.74) is 0.925. The van der Waals surface area contributed by atoms with E-state index in [1.165, 1.54) is 11.4 Å². The monoisotopic (exact) mass is 314 g/mol. The van der Waals surface area contributed by atoms with Gasteiger partial charge in [0.2, 0.25) is 10.0 Å². The number of ether oxygens (including phenoxy) is 1. The largest absolute Gasteiger partial charge is 0.495 e. The van der Waals surface area contributed by atoms with Gasteiger partial charge in [0.05, 0.1) is 7.11 Å². The normalized spacial score (nSPS) is 12.1. The average Bonchev–Trinajstić information content (AvgIpc) is 2.44. The highest BCUT2D eigenvalue weighted by Crippen LogP contribution is 2.27. The van der Waals surface area contributed by atoms with E-state index in [-0.39, 0.29) is 10.8 Å². The highest BCUT2D eigenvalue weighted by atomic mass is 32.2. The molecule has 0 aliphatic carbocycles. The van der Waals surface area contributed by atoms with Crippen LogP contribution in [0, 0.1) is 5.92 Å². The van der Waals surface area contributed by atoms with Gasteiger partial charge in [-0.3, -0.25) is 0 Å². The number of benzene rings is 1. The number of rotatable bonds is 8. The number of hydrogen-bond donors (Lipinski definition) is 1. The zero-order valence-electron chi connectivity index (χ0n) is 13.5. The lowest BCUT2D eigenvalue weighted by Gasteiger charge is -2.21. The molecule has 0 heterocycles. The first kappa shape index (κ1) is 17.9. The number of nitrogens with one attached hydrogen (secondary N) is 1. The summed E-state index contributed by atoms with van der Waals surface area (Å²) in [6, 6.07) is 5.28. The van der Waals surface area contributed by atoms with Crippen molar-refractivity contribution in [1.82, 2.24) is 9.62 Å². The lowest BCUT2D eigenvalue weighted by Crippen LogP contribution is -2.30. The Balaban J connectivity index is 3.18. The van der Waals surface area contributed by atoms with Gasteiger partial charge in [-0.1, -0.05) is 26.8 Å². The predicted molar refractivity (Wildman–Crippen MR) is 85.0 cm³/mol. The Morgan fingerprint density at radius 3 is 2.52 bits per heavy atom. The molecule has 0 fully saturated rings. The third-order valence-corrected chi connectivity index (χ3v) is 4.96. The maximum absolute atomic E-state index is 12.7. The molecule has 1 aromatic carbocycles. The van der Waals surface area contributed by atoms with Crippen LogP contribution in [0.4, 0.5) is 0 Å². The molecule has 0 unspecified atom stereocenters. The van der Waals surface area contributed by atoms with Gasteiger partial charge in [0.15, 0.2) is 0 Å². The van der Waals surface area contributed by atoms with Crippen molar-refractivity contribution in [2.75, 3.05) is 27.2 Å². The van der Waals surface area contributed by atoms with Crippen molar-refractivity contribution in [2.45, 2.75) is 32.2 Å². The molecule has 6 heteroatoms. The Hall–Kier alpha value is -1.11. The van der Waals surface area contributed by atoms with Crippen LogP contribution < -0.4 is 10.1 Å². The Morgan fingerprint density at radius 1 is 1.33 bits per heavy atom. The van der Waals surface area contributed by atoms with E-state index in [0.29, 0.717) is 18.8 Å². The Kier molecular flexibility index (Phi) is 6.64. The number of methoxy groups -OCH3 is 1. The Labute approximate surface area is 128 Å². The van der Waals surface area contributed by atoms with Gasteiger partial charge < -0.3 is 10.1 Å². The molecule has 120 valence electrons. The maximum atomic E-state index is 12.7. The maximum Gasteiger partial charge on any atom is 0.246 e. The quantitative estimate of drug-likeness (QED) is 0.798. The van der Waals surface area contributed by atoms with E-state index in [2.05, 4.69) is 5.32 Å². The van der Waals surface area contributed by atoms with Gasteiger partial charge in [-0.2, -0.15) is 0 Å². The molecule has 0 saturated carbocycles. The molecular weight excluding hydrogens is 288 g/mol. The summed E-state index contributed by atoms with van der Waals surface area (Å²) in [5, 5.41) is 3.19. The predicted octanol–water partition coefficient (Wildman–Crippen LogP) is 2.08. The molecule has 1 aromatic rings. The Morgan fingerprint density at radius 2 is 2.00 bits per heavy atom. The minimum atomic E-state index is -3.54. The zero-order valence-corrected chi connectivity index (χ0v) is 14.3. The summed E-state index contributed by atoms with van der Waals surface area (Å²) >= 11 is 0. The summed E-state index contributed by atoms with van der Waals surface area (Å²) in [6.07, 6.45) is 0. The van der Waals surface area contributed by atoms with Crippen molar-refractivity contribution < 1.29 is 13.2 Å². The summed E-state index contributed by atoms with van der Waals surface area (Å²) in [7, 11) is -0.454. The van der Waals surface area contributed by atoms with E-state index in [1.807, 2.05) is 26.8 Å². The SMILES string of the molecule is CCNCc1ccc(OC)c(S(=O)(=O)N(C)CC(C)C)c1. The van der Waals surface area contributed by atoms with E-state index < -0.39 is 10.0 Å². The second kappa shape index (κ2) is 7.77. The third kappa shape index (κ3) is 4.69. The molecule has 0 atom stereocenters. The van der Waals surface area contributed by atoms with Crippen molar-refractivity contribution in [1.29, 1.82) is 0 Å². The van der Waals surface area contributed by atoms with Crippen LogP contribution in [-0.2, 0) is 16.6 Å². The van der Waals surface area contributed by atoms with Crippen LogP contribution in [-0.4, -0.2) is 40.0 Å². The minimum Gasteiger partial charge on any atom is -0.495 e. The van der Waals surface area contributed by atoms with Gasteiger partial charge in [-0.05, 0) is 30.2 Å². The zero-order chi connectivity index (χ0) is 16.0. The van der Waals surface area contributed by atoms with Gasteiger partial charge in [0.1, 0.15) is 10.6 Å². The summed E-state index contributed by atoms with van der Waals surface area (Å²) in [5.74, 6) is 0.645. The van der Waals surface area contributed by atoms with E-state index in [9.17, 15) is 8.42 Å². The highest BCUT2D eigenvalue weighted by molar-refractivity contribution is 7.89. The van der Waals surface area contributed by atoms with Crippen LogP contribution in [0.1, 0.15) is 26.3 Å². The number of nitrogens with zero attached hydrogens (tertiary/aromatic N) is 1. The van der Waals surface area contributed by atoms with E-state index >= 15 is 0 Å². The Bertz CT molecular complexity index is 556. The molecule has 0 spiro atoms. The van der Waals surface area contributed by atoms with Crippen LogP contribution in [0.3, 0.4) is 0 Å².